The first-order chi connectivity index (χ1) is 18.3. The molecule has 9 heteroatoms. The molecule has 1 unspecified atom stereocenters. The summed E-state index contributed by atoms with van der Waals surface area (Å²) in [6.07, 6.45) is 1.83. The van der Waals surface area contributed by atoms with E-state index in [0.717, 1.165) is 40.6 Å². The normalized spacial score (nSPS) is 12.0. The summed E-state index contributed by atoms with van der Waals surface area (Å²) in [5.74, 6) is -1.87. The maximum absolute atomic E-state index is 14.1. The number of aromatic nitrogens is 3. The van der Waals surface area contributed by atoms with Crippen molar-refractivity contribution in [2.75, 3.05) is 20.3 Å². The number of rotatable bonds is 10. The minimum Gasteiger partial charge on any atom is -0.493 e. The average molecular weight is 522 g/mol. The van der Waals surface area contributed by atoms with Crippen LogP contribution in [0, 0.1) is 18.6 Å². The first-order valence-corrected chi connectivity index (χ1v) is 12.2. The number of aromatic hydroxyl groups is 1. The van der Waals surface area contributed by atoms with Gasteiger partial charge in [-0.1, -0.05) is 30.3 Å². The molecule has 0 aliphatic carbocycles. The van der Waals surface area contributed by atoms with Crippen molar-refractivity contribution in [1.29, 1.82) is 0 Å². The van der Waals surface area contributed by atoms with E-state index < -0.39 is 29.1 Å². The van der Waals surface area contributed by atoms with Crippen LogP contribution in [0.3, 0.4) is 0 Å². The summed E-state index contributed by atoms with van der Waals surface area (Å²) >= 11 is 0. The van der Waals surface area contributed by atoms with Crippen LogP contribution >= 0.6 is 0 Å². The summed E-state index contributed by atoms with van der Waals surface area (Å²) in [7, 11) is 1.43. The van der Waals surface area contributed by atoms with Gasteiger partial charge in [-0.2, -0.15) is 4.98 Å². The Morgan fingerprint density at radius 3 is 2.42 bits per heavy atom. The predicted molar refractivity (Wildman–Crippen MR) is 139 cm³/mol. The fraction of sp³-hybridized carbons (Fsp3) is 0.276. The third-order valence-corrected chi connectivity index (χ3v) is 6.25. The number of halogens is 2. The van der Waals surface area contributed by atoms with Gasteiger partial charge in [0.05, 0.1) is 18.2 Å². The lowest BCUT2D eigenvalue weighted by Gasteiger charge is -2.24. The topological polar surface area (TPSA) is 86.5 Å². The summed E-state index contributed by atoms with van der Waals surface area (Å²) in [6.45, 7) is 3.90. The van der Waals surface area contributed by atoms with Crippen molar-refractivity contribution >= 4 is 0 Å². The maximum Gasteiger partial charge on any atom is 0.261 e. The van der Waals surface area contributed by atoms with Gasteiger partial charge in [-0.25, -0.2) is 8.78 Å². The molecule has 0 bridgehead atoms. The van der Waals surface area contributed by atoms with Crippen LogP contribution in [0.25, 0.3) is 11.1 Å². The standard InChI is InChI=1S/C29H29F2N3O4/c1-4-38-17-27-33-28(35)25(12-19-7-9-20(10-8-19)24-6-5-11-32-18(24)2)29(36)34(27)26(16-37-3)21-13-22(30)15-23(31)14-21/h5-11,13-15,26,35H,4,12,16-17H2,1-3H3. The molecule has 2 aromatic heterocycles. The number of pyridine rings is 1. The van der Waals surface area contributed by atoms with Crippen molar-refractivity contribution in [3.05, 3.63) is 111 Å². The Bertz CT molecular complexity index is 1450. The van der Waals surface area contributed by atoms with E-state index in [1.807, 2.05) is 43.3 Å². The lowest BCUT2D eigenvalue weighted by molar-refractivity contribution is 0.116. The molecule has 0 fully saturated rings. The van der Waals surface area contributed by atoms with Gasteiger partial charge in [0.15, 0.2) is 0 Å². The summed E-state index contributed by atoms with van der Waals surface area (Å²) in [5.41, 5.74) is 3.33. The van der Waals surface area contributed by atoms with E-state index in [0.29, 0.717) is 6.61 Å². The fourth-order valence-corrected chi connectivity index (χ4v) is 4.41. The molecule has 38 heavy (non-hydrogen) atoms. The molecule has 4 rings (SSSR count). The molecule has 0 spiro atoms. The summed E-state index contributed by atoms with van der Waals surface area (Å²) in [4.78, 5) is 22.4. The number of aryl methyl sites for hydroxylation is 1. The van der Waals surface area contributed by atoms with Crippen LogP contribution in [0.15, 0.2) is 65.6 Å². The molecule has 2 heterocycles. The van der Waals surface area contributed by atoms with Crippen molar-refractivity contribution in [3.63, 3.8) is 0 Å². The third-order valence-electron chi connectivity index (χ3n) is 6.25. The molecule has 0 radical (unpaired) electrons. The summed E-state index contributed by atoms with van der Waals surface area (Å²) in [6, 6.07) is 13.6. The van der Waals surface area contributed by atoms with Crippen molar-refractivity contribution < 1.29 is 23.4 Å². The van der Waals surface area contributed by atoms with Gasteiger partial charge in [-0.05, 0) is 48.7 Å². The molecular formula is C29H29F2N3O4. The SMILES string of the molecule is CCOCc1nc(O)c(Cc2ccc(-c3cccnc3C)cc2)c(=O)n1C(COC)c1cc(F)cc(F)c1. The van der Waals surface area contributed by atoms with Crippen LogP contribution in [0.2, 0.25) is 0 Å². The number of nitrogens with zero attached hydrogens (tertiary/aromatic N) is 3. The van der Waals surface area contributed by atoms with Gasteiger partial charge in [0.25, 0.3) is 5.56 Å². The van der Waals surface area contributed by atoms with Crippen molar-refractivity contribution in [2.24, 2.45) is 0 Å². The molecule has 2 aromatic carbocycles. The second-order valence-corrected chi connectivity index (χ2v) is 8.83. The first kappa shape index (κ1) is 27.1. The van der Waals surface area contributed by atoms with E-state index in [2.05, 4.69) is 9.97 Å². The smallest absolute Gasteiger partial charge is 0.261 e. The number of methoxy groups -OCH3 is 1. The van der Waals surface area contributed by atoms with Gasteiger partial charge in [-0.15, -0.1) is 0 Å². The van der Waals surface area contributed by atoms with Gasteiger partial charge >= 0.3 is 0 Å². The maximum atomic E-state index is 14.1. The summed E-state index contributed by atoms with van der Waals surface area (Å²) in [5, 5.41) is 10.8. The molecule has 0 saturated heterocycles. The molecule has 0 saturated carbocycles. The lowest BCUT2D eigenvalue weighted by atomic mass is 10.00. The average Bonchev–Trinajstić information content (AvgIpc) is 2.89. The highest BCUT2D eigenvalue weighted by Gasteiger charge is 2.25. The van der Waals surface area contributed by atoms with Crippen LogP contribution in [-0.2, 0) is 22.5 Å². The zero-order chi connectivity index (χ0) is 27.2. The number of benzene rings is 2. The number of ether oxygens (including phenoxy) is 2. The lowest BCUT2D eigenvalue weighted by Crippen LogP contribution is -2.34. The number of hydrogen-bond donors (Lipinski definition) is 1. The second-order valence-electron chi connectivity index (χ2n) is 8.83. The van der Waals surface area contributed by atoms with E-state index in [1.54, 1.807) is 13.1 Å². The van der Waals surface area contributed by atoms with E-state index in [4.69, 9.17) is 9.47 Å². The Kier molecular flexibility index (Phi) is 8.60. The van der Waals surface area contributed by atoms with Crippen molar-refractivity contribution in [3.8, 4) is 17.0 Å². The Morgan fingerprint density at radius 2 is 1.79 bits per heavy atom. The molecule has 198 valence electrons. The molecule has 4 aromatic rings. The van der Waals surface area contributed by atoms with Crippen LogP contribution in [0.5, 0.6) is 5.88 Å². The van der Waals surface area contributed by atoms with E-state index in [9.17, 15) is 18.7 Å². The Labute approximate surface area is 219 Å². The quantitative estimate of drug-likeness (QED) is 0.318. The number of hydrogen-bond acceptors (Lipinski definition) is 6. The van der Waals surface area contributed by atoms with E-state index >= 15 is 0 Å². The van der Waals surface area contributed by atoms with E-state index in [-0.39, 0.29) is 36.6 Å². The first-order valence-electron chi connectivity index (χ1n) is 12.2. The molecule has 7 nitrogen and oxygen atoms in total. The highest BCUT2D eigenvalue weighted by Crippen LogP contribution is 2.26. The minimum atomic E-state index is -0.907. The molecule has 1 atom stereocenters. The van der Waals surface area contributed by atoms with Gasteiger partial charge in [0.1, 0.15) is 24.1 Å². The minimum absolute atomic E-state index is 0.0496. The van der Waals surface area contributed by atoms with Crippen LogP contribution in [0.4, 0.5) is 8.78 Å². The molecule has 0 aliphatic heterocycles. The Balaban J connectivity index is 1.78. The van der Waals surface area contributed by atoms with Gasteiger partial charge in [-0.3, -0.25) is 14.3 Å². The van der Waals surface area contributed by atoms with Gasteiger partial charge in [0, 0.05) is 43.7 Å². The largest absolute Gasteiger partial charge is 0.493 e. The monoisotopic (exact) mass is 521 g/mol. The highest BCUT2D eigenvalue weighted by atomic mass is 19.1. The highest BCUT2D eigenvalue weighted by molar-refractivity contribution is 5.65. The third kappa shape index (κ3) is 5.95. The second kappa shape index (κ2) is 12.1. The van der Waals surface area contributed by atoms with Crippen molar-refractivity contribution in [1.82, 2.24) is 14.5 Å². The Morgan fingerprint density at radius 1 is 1.08 bits per heavy atom. The molecule has 0 aliphatic rings. The van der Waals surface area contributed by atoms with Gasteiger partial charge in [0.2, 0.25) is 5.88 Å². The molecular weight excluding hydrogens is 492 g/mol. The van der Waals surface area contributed by atoms with Crippen LogP contribution in [-0.4, -0.2) is 40.0 Å². The fourth-order valence-electron chi connectivity index (χ4n) is 4.41. The zero-order valence-electron chi connectivity index (χ0n) is 21.4. The Hall–Kier alpha value is -3.95. The van der Waals surface area contributed by atoms with Gasteiger partial charge < -0.3 is 14.6 Å². The van der Waals surface area contributed by atoms with Crippen molar-refractivity contribution in [2.45, 2.75) is 32.9 Å². The zero-order valence-corrected chi connectivity index (χ0v) is 21.4. The molecule has 0 amide bonds. The van der Waals surface area contributed by atoms with E-state index in [1.165, 1.54) is 11.7 Å². The van der Waals surface area contributed by atoms with Crippen LogP contribution < -0.4 is 5.56 Å². The molecule has 1 N–H and O–H groups in total. The predicted octanol–water partition coefficient (Wildman–Crippen LogP) is 4.96. The summed E-state index contributed by atoms with van der Waals surface area (Å²) < 4.78 is 40.3. The van der Waals surface area contributed by atoms with Crippen LogP contribution in [0.1, 0.15) is 41.2 Å².